The second-order valence-electron chi connectivity index (χ2n) is 11.9. The van der Waals surface area contributed by atoms with Crippen LogP contribution in [-0.4, -0.2) is 11.6 Å². The first-order valence-electron chi connectivity index (χ1n) is 16.0. The van der Waals surface area contributed by atoms with E-state index in [2.05, 4.69) is 150 Å². The van der Waals surface area contributed by atoms with E-state index in [0.717, 1.165) is 33.3 Å². The lowest BCUT2D eigenvalue weighted by Gasteiger charge is -2.22. The van der Waals surface area contributed by atoms with Crippen LogP contribution < -0.4 is 10.2 Å². The van der Waals surface area contributed by atoms with Gasteiger partial charge in [-0.1, -0.05) is 110 Å². The van der Waals surface area contributed by atoms with E-state index in [4.69, 9.17) is 4.42 Å². The Labute approximate surface area is 274 Å². The third kappa shape index (κ3) is 4.86. The van der Waals surface area contributed by atoms with Crippen LogP contribution >= 0.6 is 0 Å². The lowest BCUT2D eigenvalue weighted by Crippen LogP contribution is -2.23. The minimum absolute atomic E-state index is 0.122. The van der Waals surface area contributed by atoms with Crippen molar-refractivity contribution in [1.29, 1.82) is 0 Å². The van der Waals surface area contributed by atoms with Crippen molar-refractivity contribution in [2.45, 2.75) is 13.1 Å². The second kappa shape index (κ2) is 11.7. The van der Waals surface area contributed by atoms with Crippen LogP contribution in [0.25, 0.3) is 60.6 Å². The molecule has 3 heterocycles. The highest BCUT2D eigenvalue weighted by molar-refractivity contribution is 6.17. The summed E-state index contributed by atoms with van der Waals surface area (Å²) in [6, 6.07) is 47.7. The van der Waals surface area contributed by atoms with Crippen molar-refractivity contribution in [3.8, 4) is 16.8 Å². The summed E-state index contributed by atoms with van der Waals surface area (Å²) in [6.45, 7) is 5.42. The fraction of sp³-hybridized carbons (Fsp3) is 0.0698. The number of benzene rings is 6. The molecule has 1 unspecified atom stereocenters. The van der Waals surface area contributed by atoms with Gasteiger partial charge < -0.3 is 19.2 Å². The molecule has 0 spiro atoms. The van der Waals surface area contributed by atoms with E-state index in [9.17, 15) is 0 Å². The number of nitrogens with zero attached hydrogens (tertiary/aromatic N) is 2. The van der Waals surface area contributed by atoms with Crippen LogP contribution in [0.1, 0.15) is 18.7 Å². The monoisotopic (exact) mass is 609 g/mol. The van der Waals surface area contributed by atoms with Gasteiger partial charge in [0.05, 0.1) is 22.4 Å². The summed E-state index contributed by atoms with van der Waals surface area (Å²) in [6.07, 6.45) is 5.70. The molecule has 8 aromatic rings. The van der Waals surface area contributed by atoms with Crippen molar-refractivity contribution < 1.29 is 4.42 Å². The molecule has 4 nitrogen and oxygen atoms in total. The van der Waals surface area contributed by atoms with Crippen LogP contribution in [0.4, 0.5) is 11.4 Å². The molecule has 0 radical (unpaired) electrons. The molecule has 6 aromatic carbocycles. The van der Waals surface area contributed by atoms with Gasteiger partial charge in [-0.05, 0) is 72.1 Å². The normalized spacial score (nSPS) is 14.1. The smallest absolute Gasteiger partial charge is 0.136 e. The molecule has 4 heteroatoms. The fourth-order valence-corrected chi connectivity index (χ4v) is 6.88. The van der Waals surface area contributed by atoms with E-state index in [-0.39, 0.29) is 6.17 Å². The Morgan fingerprint density at radius 3 is 2.23 bits per heavy atom. The number of nitrogens with one attached hydrogen (secondary N) is 1. The number of allylic oxidation sites excluding steroid dienone is 3. The molecule has 1 aliphatic heterocycles. The quantitative estimate of drug-likeness (QED) is 0.202. The summed E-state index contributed by atoms with van der Waals surface area (Å²) < 4.78 is 8.65. The standard InChI is InChI=1S/C38H27N3O.C5H8/c1-40-35-21-26(18-19-32(35)39-38(40)24-10-3-2-4-11-24)25-12-9-13-27(20-25)41-33-16-7-5-14-28(33)30-23-37-31(22-34(30)41)29-15-6-8-17-36(29)42-37;1-3-5-4-2/h2-23,38-39H,1H3;3-5H,1H2,2H3/b;5-4-. The van der Waals surface area contributed by atoms with Gasteiger partial charge in [0.2, 0.25) is 0 Å². The third-order valence-electron chi connectivity index (χ3n) is 9.11. The SMILES string of the molecule is C=C/C=C\C.CN1c2cc(-c3cccc(-n4c5ccccc5c5cc6oc7ccccc7c6cc54)c3)ccc2NC1c1ccccc1. The average molecular weight is 610 g/mol. The van der Waals surface area contributed by atoms with Gasteiger partial charge in [-0.2, -0.15) is 0 Å². The van der Waals surface area contributed by atoms with E-state index in [1.54, 1.807) is 6.08 Å². The van der Waals surface area contributed by atoms with Gasteiger partial charge in [0.25, 0.3) is 0 Å². The Hall–Kier alpha value is -6.00. The van der Waals surface area contributed by atoms with Crippen molar-refractivity contribution in [3.63, 3.8) is 0 Å². The predicted molar refractivity (Wildman–Crippen MR) is 200 cm³/mol. The maximum Gasteiger partial charge on any atom is 0.136 e. The summed E-state index contributed by atoms with van der Waals surface area (Å²) in [5.74, 6) is 0. The summed E-state index contributed by atoms with van der Waals surface area (Å²) in [4.78, 5) is 2.32. The first kappa shape index (κ1) is 28.5. The number of anilines is 2. The topological polar surface area (TPSA) is 33.3 Å². The number of hydrogen-bond acceptors (Lipinski definition) is 3. The Morgan fingerprint density at radius 1 is 0.660 bits per heavy atom. The van der Waals surface area contributed by atoms with Crippen LogP contribution in [0, 0.1) is 0 Å². The molecule has 228 valence electrons. The molecule has 1 aliphatic rings. The zero-order valence-corrected chi connectivity index (χ0v) is 26.5. The minimum atomic E-state index is 0.122. The first-order chi connectivity index (χ1) is 23.1. The van der Waals surface area contributed by atoms with Crippen molar-refractivity contribution in [2.75, 3.05) is 17.3 Å². The van der Waals surface area contributed by atoms with E-state index in [0.29, 0.717) is 0 Å². The molecular formula is C43H35N3O. The van der Waals surface area contributed by atoms with Gasteiger partial charge >= 0.3 is 0 Å². The van der Waals surface area contributed by atoms with E-state index in [1.165, 1.54) is 44.2 Å². The highest BCUT2D eigenvalue weighted by Crippen LogP contribution is 2.43. The van der Waals surface area contributed by atoms with Crippen LogP contribution in [0.5, 0.6) is 0 Å². The third-order valence-corrected chi connectivity index (χ3v) is 9.11. The molecule has 0 saturated heterocycles. The maximum absolute atomic E-state index is 6.26. The van der Waals surface area contributed by atoms with E-state index in [1.807, 2.05) is 31.2 Å². The number of hydrogen-bond donors (Lipinski definition) is 1. The van der Waals surface area contributed by atoms with Crippen molar-refractivity contribution >= 4 is 55.1 Å². The van der Waals surface area contributed by atoms with Crippen molar-refractivity contribution in [2.24, 2.45) is 0 Å². The lowest BCUT2D eigenvalue weighted by molar-refractivity contribution is 0.669. The Bertz CT molecular complexity index is 2450. The minimum Gasteiger partial charge on any atom is -0.456 e. The molecule has 47 heavy (non-hydrogen) atoms. The van der Waals surface area contributed by atoms with Crippen LogP contribution in [0.3, 0.4) is 0 Å². The molecular weight excluding hydrogens is 574 g/mol. The maximum atomic E-state index is 6.26. The lowest BCUT2D eigenvalue weighted by atomic mass is 10.0. The van der Waals surface area contributed by atoms with Crippen LogP contribution in [0.15, 0.2) is 163 Å². The summed E-state index contributed by atoms with van der Waals surface area (Å²) in [7, 11) is 2.16. The Balaban J connectivity index is 0.000000606. The summed E-state index contributed by atoms with van der Waals surface area (Å²) in [5.41, 5.74) is 11.3. The fourth-order valence-electron chi connectivity index (χ4n) is 6.88. The summed E-state index contributed by atoms with van der Waals surface area (Å²) in [5, 5.41) is 8.39. The van der Waals surface area contributed by atoms with Crippen molar-refractivity contribution in [3.05, 3.63) is 164 Å². The number of fused-ring (bicyclic) bond motifs is 7. The zero-order valence-electron chi connectivity index (χ0n) is 26.5. The zero-order chi connectivity index (χ0) is 31.9. The molecule has 0 fully saturated rings. The van der Waals surface area contributed by atoms with E-state index < -0.39 is 0 Å². The number of furan rings is 1. The molecule has 0 bridgehead atoms. The number of para-hydroxylation sites is 2. The molecule has 1 atom stereocenters. The van der Waals surface area contributed by atoms with Gasteiger partial charge in [-0.3, -0.25) is 0 Å². The van der Waals surface area contributed by atoms with Gasteiger partial charge in [0.1, 0.15) is 17.3 Å². The summed E-state index contributed by atoms with van der Waals surface area (Å²) >= 11 is 0. The molecule has 0 saturated carbocycles. The van der Waals surface area contributed by atoms with Crippen LogP contribution in [-0.2, 0) is 0 Å². The first-order valence-corrected chi connectivity index (χ1v) is 16.0. The van der Waals surface area contributed by atoms with Crippen molar-refractivity contribution in [1.82, 2.24) is 4.57 Å². The van der Waals surface area contributed by atoms with Crippen LogP contribution in [0.2, 0.25) is 0 Å². The van der Waals surface area contributed by atoms with E-state index >= 15 is 0 Å². The molecule has 9 rings (SSSR count). The van der Waals surface area contributed by atoms with Gasteiger partial charge in [0, 0.05) is 34.3 Å². The van der Waals surface area contributed by atoms with Gasteiger partial charge in [-0.15, -0.1) is 0 Å². The predicted octanol–water partition coefficient (Wildman–Crippen LogP) is 11.7. The number of aromatic nitrogens is 1. The Kier molecular flexibility index (Phi) is 7.11. The highest BCUT2D eigenvalue weighted by Gasteiger charge is 2.27. The molecule has 1 N–H and O–H groups in total. The molecule has 0 aliphatic carbocycles. The Morgan fingerprint density at radius 2 is 1.43 bits per heavy atom. The largest absolute Gasteiger partial charge is 0.456 e. The second-order valence-corrected chi connectivity index (χ2v) is 11.9. The number of rotatable bonds is 4. The highest BCUT2D eigenvalue weighted by atomic mass is 16.3. The molecule has 0 amide bonds. The average Bonchev–Trinajstić information content (AvgIpc) is 3.77. The van der Waals surface area contributed by atoms with Gasteiger partial charge in [-0.25, -0.2) is 0 Å². The van der Waals surface area contributed by atoms with Gasteiger partial charge in [0.15, 0.2) is 0 Å². The molecule has 2 aromatic heterocycles.